The van der Waals surface area contributed by atoms with Crippen molar-refractivity contribution in [2.75, 3.05) is 33.8 Å². The van der Waals surface area contributed by atoms with Gasteiger partial charge in [-0.25, -0.2) is 4.39 Å². The number of benzene rings is 2. The van der Waals surface area contributed by atoms with Crippen LogP contribution in [-0.4, -0.2) is 61.1 Å². The largest absolute Gasteiger partial charge is 0.494 e. The van der Waals surface area contributed by atoms with Crippen LogP contribution >= 0.6 is 0 Å². The van der Waals surface area contributed by atoms with Crippen LogP contribution < -0.4 is 4.74 Å². The summed E-state index contributed by atoms with van der Waals surface area (Å²) in [5.41, 5.74) is 1.23. The monoisotopic (exact) mass is 440 g/mol. The maximum Gasteiger partial charge on any atom is 0.291 e. The lowest BCUT2D eigenvalue weighted by Crippen LogP contribution is -2.33. The maximum absolute atomic E-state index is 14.8. The maximum atomic E-state index is 14.8. The highest BCUT2D eigenvalue weighted by Crippen LogP contribution is 2.39. The molecule has 0 spiro atoms. The normalized spacial score (nSPS) is 18.5. The van der Waals surface area contributed by atoms with E-state index in [1.54, 1.807) is 30.3 Å². The molecule has 7 heteroatoms. The van der Waals surface area contributed by atoms with E-state index < -0.39 is 35.3 Å². The predicted octanol–water partition coefficient (Wildman–Crippen LogP) is 3.44. The third-order valence-corrected chi connectivity index (χ3v) is 5.68. The third-order valence-electron chi connectivity index (χ3n) is 5.68. The van der Waals surface area contributed by atoms with Crippen LogP contribution in [0.15, 0.2) is 42.5 Å². The molecular formula is C25H29FN2O4. The molecule has 2 aromatic carbocycles. The van der Waals surface area contributed by atoms with Crippen LogP contribution in [0.3, 0.4) is 0 Å². The zero-order valence-corrected chi connectivity index (χ0v) is 18.9. The standard InChI is InChI=1S/C25H29FN2O4/c1-5-32-20-12-11-17(15-16(20)2)23(29)21-22(18-9-6-7-10-19(18)26)28(25(31)24(21)30)14-8-13-27(3)4/h6-7,9-12,15,21-22H,5,8,13-14H2,1-4H3. The number of likely N-dealkylation sites (tertiary alicyclic amines) is 1. The number of halogens is 1. The Hall–Kier alpha value is -3.06. The number of ketones is 2. The smallest absolute Gasteiger partial charge is 0.291 e. The summed E-state index contributed by atoms with van der Waals surface area (Å²) in [5.74, 6) is -3.21. The second-order valence-corrected chi connectivity index (χ2v) is 8.24. The lowest BCUT2D eigenvalue weighted by molar-refractivity contribution is -0.140. The third kappa shape index (κ3) is 4.72. The van der Waals surface area contributed by atoms with Gasteiger partial charge in [0.05, 0.1) is 12.6 Å². The highest BCUT2D eigenvalue weighted by atomic mass is 19.1. The molecule has 0 aromatic heterocycles. The first-order valence-corrected chi connectivity index (χ1v) is 10.8. The Morgan fingerprint density at radius 1 is 1.16 bits per heavy atom. The molecule has 3 rings (SSSR count). The van der Waals surface area contributed by atoms with Gasteiger partial charge < -0.3 is 14.5 Å². The van der Waals surface area contributed by atoms with E-state index in [9.17, 15) is 18.8 Å². The molecule has 1 saturated heterocycles. The van der Waals surface area contributed by atoms with E-state index in [2.05, 4.69) is 0 Å². The molecule has 0 N–H and O–H groups in total. The molecule has 2 atom stereocenters. The second kappa shape index (κ2) is 10.0. The van der Waals surface area contributed by atoms with Crippen LogP contribution in [0.25, 0.3) is 0 Å². The number of ether oxygens (including phenoxy) is 1. The van der Waals surface area contributed by atoms with Crippen LogP contribution in [0.5, 0.6) is 5.75 Å². The predicted molar refractivity (Wildman–Crippen MR) is 119 cm³/mol. The summed E-state index contributed by atoms with van der Waals surface area (Å²) in [6.45, 7) is 5.12. The topological polar surface area (TPSA) is 66.9 Å². The zero-order valence-electron chi connectivity index (χ0n) is 18.9. The van der Waals surface area contributed by atoms with E-state index in [0.29, 0.717) is 30.9 Å². The number of Topliss-reactive ketones (excluding diaryl/α,β-unsaturated/α-hetero) is 2. The first-order chi connectivity index (χ1) is 15.3. The van der Waals surface area contributed by atoms with Gasteiger partial charge in [0.2, 0.25) is 5.78 Å². The number of aryl methyl sites for hydroxylation is 1. The minimum Gasteiger partial charge on any atom is -0.494 e. The minimum absolute atomic E-state index is 0.178. The molecule has 1 heterocycles. The van der Waals surface area contributed by atoms with E-state index in [0.717, 1.165) is 5.56 Å². The van der Waals surface area contributed by atoms with Gasteiger partial charge in [-0.15, -0.1) is 0 Å². The number of hydrogen-bond donors (Lipinski definition) is 0. The van der Waals surface area contributed by atoms with Crippen molar-refractivity contribution in [3.63, 3.8) is 0 Å². The van der Waals surface area contributed by atoms with Crippen LogP contribution in [0.2, 0.25) is 0 Å². The summed E-state index contributed by atoms with van der Waals surface area (Å²) in [7, 11) is 3.82. The molecule has 1 amide bonds. The fourth-order valence-electron chi connectivity index (χ4n) is 4.15. The Balaban J connectivity index is 2.01. The molecule has 170 valence electrons. The molecule has 0 saturated carbocycles. The number of hydrogen-bond acceptors (Lipinski definition) is 5. The summed E-state index contributed by atoms with van der Waals surface area (Å²) >= 11 is 0. The van der Waals surface area contributed by atoms with Crippen LogP contribution in [-0.2, 0) is 9.59 Å². The first-order valence-electron chi connectivity index (χ1n) is 10.8. The van der Waals surface area contributed by atoms with Crippen LogP contribution in [0.4, 0.5) is 4.39 Å². The Morgan fingerprint density at radius 2 is 1.88 bits per heavy atom. The SMILES string of the molecule is CCOc1ccc(C(=O)C2C(=O)C(=O)N(CCCN(C)C)C2c2ccccc2F)cc1C. The molecule has 2 unspecified atom stereocenters. The Bertz CT molecular complexity index is 1020. The molecule has 0 radical (unpaired) electrons. The quantitative estimate of drug-likeness (QED) is 0.340. The van der Waals surface area contributed by atoms with Gasteiger partial charge in [-0.1, -0.05) is 18.2 Å². The van der Waals surface area contributed by atoms with E-state index in [1.165, 1.54) is 17.0 Å². The molecule has 1 aliphatic heterocycles. The zero-order chi connectivity index (χ0) is 23.4. The lowest BCUT2D eigenvalue weighted by atomic mass is 9.85. The van der Waals surface area contributed by atoms with Crippen molar-refractivity contribution in [1.29, 1.82) is 0 Å². The average molecular weight is 441 g/mol. The van der Waals surface area contributed by atoms with Crippen LogP contribution in [0, 0.1) is 18.7 Å². The highest BCUT2D eigenvalue weighted by molar-refractivity contribution is 6.44. The number of amides is 1. The second-order valence-electron chi connectivity index (χ2n) is 8.24. The van der Waals surface area contributed by atoms with Crippen molar-refractivity contribution in [1.82, 2.24) is 9.80 Å². The summed E-state index contributed by atoms with van der Waals surface area (Å²) in [5, 5.41) is 0. The Labute approximate surface area is 188 Å². The number of rotatable bonds is 9. The lowest BCUT2D eigenvalue weighted by Gasteiger charge is -2.28. The number of nitrogens with zero attached hydrogens (tertiary/aromatic N) is 2. The van der Waals surface area contributed by atoms with Gasteiger partial charge in [0, 0.05) is 17.7 Å². The van der Waals surface area contributed by atoms with E-state index in [-0.39, 0.29) is 12.1 Å². The van der Waals surface area contributed by atoms with Crippen molar-refractivity contribution in [2.24, 2.45) is 5.92 Å². The van der Waals surface area contributed by atoms with Crippen molar-refractivity contribution in [3.8, 4) is 5.75 Å². The molecule has 0 aliphatic carbocycles. The first kappa shape index (κ1) is 23.6. The van der Waals surface area contributed by atoms with Gasteiger partial charge >= 0.3 is 0 Å². The van der Waals surface area contributed by atoms with Gasteiger partial charge in [0.1, 0.15) is 17.5 Å². The van der Waals surface area contributed by atoms with Gasteiger partial charge in [-0.05, 0) is 70.7 Å². The number of carbonyl (C=O) groups excluding carboxylic acids is 3. The van der Waals surface area contributed by atoms with Crippen molar-refractivity contribution in [2.45, 2.75) is 26.3 Å². The van der Waals surface area contributed by atoms with Crippen molar-refractivity contribution in [3.05, 3.63) is 65.0 Å². The van der Waals surface area contributed by atoms with Crippen LogP contribution in [0.1, 0.15) is 40.9 Å². The van der Waals surface area contributed by atoms with Gasteiger partial charge in [-0.2, -0.15) is 0 Å². The number of carbonyl (C=O) groups is 3. The molecule has 32 heavy (non-hydrogen) atoms. The van der Waals surface area contributed by atoms with E-state index >= 15 is 0 Å². The van der Waals surface area contributed by atoms with Gasteiger partial charge in [-0.3, -0.25) is 14.4 Å². The minimum atomic E-state index is -1.30. The summed E-state index contributed by atoms with van der Waals surface area (Å²) in [6.07, 6.45) is 0.597. The summed E-state index contributed by atoms with van der Waals surface area (Å²) in [4.78, 5) is 42.7. The molecule has 1 aliphatic rings. The fraction of sp³-hybridized carbons (Fsp3) is 0.400. The molecule has 6 nitrogen and oxygen atoms in total. The van der Waals surface area contributed by atoms with E-state index in [1.807, 2.05) is 32.8 Å². The molecule has 2 aromatic rings. The van der Waals surface area contributed by atoms with Crippen molar-refractivity contribution >= 4 is 17.5 Å². The Kier molecular flexibility index (Phi) is 7.40. The van der Waals surface area contributed by atoms with Gasteiger partial charge in [0.15, 0.2) is 5.78 Å². The summed E-state index contributed by atoms with van der Waals surface area (Å²) in [6, 6.07) is 9.95. The average Bonchev–Trinajstić information content (AvgIpc) is 3.00. The van der Waals surface area contributed by atoms with E-state index in [4.69, 9.17) is 4.74 Å². The highest BCUT2D eigenvalue weighted by Gasteiger charge is 2.52. The fourth-order valence-corrected chi connectivity index (χ4v) is 4.15. The molecule has 1 fully saturated rings. The summed E-state index contributed by atoms with van der Waals surface area (Å²) < 4.78 is 20.3. The molecular weight excluding hydrogens is 411 g/mol. The Morgan fingerprint density at radius 3 is 2.50 bits per heavy atom. The van der Waals surface area contributed by atoms with Crippen molar-refractivity contribution < 1.29 is 23.5 Å². The van der Waals surface area contributed by atoms with Gasteiger partial charge in [0.25, 0.3) is 5.91 Å². The molecule has 0 bridgehead atoms.